The van der Waals surface area contributed by atoms with Crippen LogP contribution in [0.15, 0.2) is 53.7 Å². The maximum atomic E-state index is 13.1. The summed E-state index contributed by atoms with van der Waals surface area (Å²) < 4.78 is 10.4. The van der Waals surface area contributed by atoms with Crippen LogP contribution in [0.4, 0.5) is 4.79 Å². The lowest BCUT2D eigenvalue weighted by Gasteiger charge is -2.26. The number of carbonyl (C=O) groups excluding carboxylic acids is 5. The first kappa shape index (κ1) is 21.9. The van der Waals surface area contributed by atoms with E-state index in [2.05, 4.69) is 10.6 Å². The fourth-order valence-corrected chi connectivity index (χ4v) is 3.92. The van der Waals surface area contributed by atoms with Gasteiger partial charge in [0.1, 0.15) is 6.61 Å². The summed E-state index contributed by atoms with van der Waals surface area (Å²) in [5, 5.41) is 5.01. The summed E-state index contributed by atoms with van der Waals surface area (Å²) in [4.78, 5) is 63.1. The Labute approximate surface area is 188 Å². The van der Waals surface area contributed by atoms with Crippen molar-refractivity contribution < 1.29 is 33.4 Å². The van der Waals surface area contributed by atoms with E-state index < -0.39 is 36.4 Å². The third-order valence-corrected chi connectivity index (χ3v) is 5.39. The Morgan fingerprint density at radius 3 is 2.24 bits per heavy atom. The lowest BCUT2D eigenvalue weighted by atomic mass is 9.82. The SMILES string of the molecule is CCOC(=O)C1=C(COC(=O)c2cccc3c2C(=O)c2ccccc2C3=O)NC(=O)N[C@@H]1C. The van der Waals surface area contributed by atoms with Crippen LogP contribution in [0.2, 0.25) is 0 Å². The standard InChI is InChI=1S/C24H20N2O7/c1-3-32-23(30)18-12(2)25-24(31)26-17(18)11-33-22(29)16-10-6-9-15-19(16)21(28)14-8-5-4-7-13(14)20(15)27/h4-10,12H,3,11H2,1-2H3,(H2,25,26,31)/t12-/m1/s1. The van der Waals surface area contributed by atoms with E-state index in [1.807, 2.05) is 0 Å². The highest BCUT2D eigenvalue weighted by Crippen LogP contribution is 2.30. The number of urea groups is 1. The van der Waals surface area contributed by atoms with Gasteiger partial charge in [-0.25, -0.2) is 14.4 Å². The number of hydrogen-bond acceptors (Lipinski definition) is 7. The lowest BCUT2D eigenvalue weighted by Crippen LogP contribution is -2.50. The van der Waals surface area contributed by atoms with Gasteiger partial charge in [-0.1, -0.05) is 36.4 Å². The molecule has 1 heterocycles. The van der Waals surface area contributed by atoms with E-state index in [4.69, 9.17) is 9.47 Å². The topological polar surface area (TPSA) is 128 Å². The Kier molecular flexibility index (Phi) is 5.78. The Morgan fingerprint density at radius 1 is 0.879 bits per heavy atom. The molecule has 168 valence electrons. The quantitative estimate of drug-likeness (QED) is 0.572. The van der Waals surface area contributed by atoms with Crippen molar-refractivity contribution in [2.75, 3.05) is 13.2 Å². The molecule has 2 aromatic rings. The number of carbonyl (C=O) groups is 5. The van der Waals surface area contributed by atoms with Crippen LogP contribution < -0.4 is 10.6 Å². The fraction of sp³-hybridized carbons (Fsp3) is 0.208. The Bertz CT molecular complexity index is 1250. The van der Waals surface area contributed by atoms with Crippen molar-refractivity contribution in [1.29, 1.82) is 0 Å². The number of amides is 2. The number of ether oxygens (including phenoxy) is 2. The molecule has 0 aromatic heterocycles. The average molecular weight is 448 g/mol. The number of ketones is 2. The van der Waals surface area contributed by atoms with Crippen LogP contribution in [-0.4, -0.2) is 48.8 Å². The Balaban J connectivity index is 1.65. The zero-order chi connectivity index (χ0) is 23.7. The first-order valence-electron chi connectivity index (χ1n) is 10.3. The molecule has 0 bridgehead atoms. The van der Waals surface area contributed by atoms with Gasteiger partial charge in [0.2, 0.25) is 0 Å². The molecule has 1 aliphatic carbocycles. The molecule has 33 heavy (non-hydrogen) atoms. The van der Waals surface area contributed by atoms with E-state index in [9.17, 15) is 24.0 Å². The van der Waals surface area contributed by atoms with Gasteiger partial charge in [0.15, 0.2) is 11.6 Å². The van der Waals surface area contributed by atoms with Crippen molar-refractivity contribution in [3.05, 3.63) is 81.6 Å². The fourth-order valence-electron chi connectivity index (χ4n) is 3.92. The molecule has 0 saturated carbocycles. The van der Waals surface area contributed by atoms with Gasteiger partial charge in [-0.15, -0.1) is 0 Å². The number of rotatable bonds is 5. The average Bonchev–Trinajstić information content (AvgIpc) is 2.80. The molecule has 0 spiro atoms. The predicted molar refractivity (Wildman–Crippen MR) is 115 cm³/mol. The van der Waals surface area contributed by atoms with Gasteiger partial charge in [-0.05, 0) is 19.9 Å². The van der Waals surface area contributed by atoms with Crippen LogP contribution in [0.5, 0.6) is 0 Å². The Morgan fingerprint density at radius 2 is 1.55 bits per heavy atom. The zero-order valence-corrected chi connectivity index (χ0v) is 17.9. The normalized spacial score (nSPS) is 16.9. The van der Waals surface area contributed by atoms with Crippen molar-refractivity contribution in [3.63, 3.8) is 0 Å². The van der Waals surface area contributed by atoms with Crippen LogP contribution in [0, 0.1) is 0 Å². The maximum Gasteiger partial charge on any atom is 0.339 e. The van der Waals surface area contributed by atoms with Crippen LogP contribution in [0.1, 0.15) is 56.0 Å². The number of fused-ring (bicyclic) bond motifs is 2. The summed E-state index contributed by atoms with van der Waals surface area (Å²) in [5.41, 5.74) is 0.692. The molecule has 9 heteroatoms. The minimum absolute atomic E-state index is 0.0338. The molecule has 1 atom stereocenters. The molecule has 2 aliphatic rings. The molecule has 2 aromatic carbocycles. The third-order valence-electron chi connectivity index (χ3n) is 5.39. The first-order chi connectivity index (χ1) is 15.8. The summed E-state index contributed by atoms with van der Waals surface area (Å²) in [5.74, 6) is -2.34. The van der Waals surface area contributed by atoms with Gasteiger partial charge in [0.05, 0.1) is 29.5 Å². The van der Waals surface area contributed by atoms with Crippen molar-refractivity contribution in [2.24, 2.45) is 0 Å². The van der Waals surface area contributed by atoms with Gasteiger partial charge in [0, 0.05) is 22.3 Å². The molecule has 1 aliphatic heterocycles. The van der Waals surface area contributed by atoms with E-state index >= 15 is 0 Å². The summed E-state index contributed by atoms with van der Waals surface area (Å²) >= 11 is 0. The lowest BCUT2D eigenvalue weighted by molar-refractivity contribution is -0.139. The second-order valence-electron chi connectivity index (χ2n) is 7.44. The second-order valence-corrected chi connectivity index (χ2v) is 7.44. The largest absolute Gasteiger partial charge is 0.463 e. The summed E-state index contributed by atoms with van der Waals surface area (Å²) in [6.07, 6.45) is 0. The molecular weight excluding hydrogens is 428 g/mol. The predicted octanol–water partition coefficient (Wildman–Crippen LogP) is 2.14. The maximum absolute atomic E-state index is 13.1. The van der Waals surface area contributed by atoms with Gasteiger partial charge < -0.3 is 20.1 Å². The summed E-state index contributed by atoms with van der Waals surface area (Å²) in [6.45, 7) is 2.94. The van der Waals surface area contributed by atoms with Crippen LogP contribution in [-0.2, 0) is 14.3 Å². The van der Waals surface area contributed by atoms with Crippen molar-refractivity contribution in [1.82, 2.24) is 10.6 Å². The highest BCUT2D eigenvalue weighted by molar-refractivity contribution is 6.30. The molecule has 0 saturated heterocycles. The summed E-state index contributed by atoms with van der Waals surface area (Å²) in [7, 11) is 0. The van der Waals surface area contributed by atoms with E-state index in [0.29, 0.717) is 0 Å². The first-order valence-corrected chi connectivity index (χ1v) is 10.3. The van der Waals surface area contributed by atoms with E-state index in [-0.39, 0.29) is 51.5 Å². The molecule has 2 N–H and O–H groups in total. The van der Waals surface area contributed by atoms with E-state index in [1.54, 1.807) is 32.0 Å². The van der Waals surface area contributed by atoms with E-state index in [0.717, 1.165) is 0 Å². The molecular formula is C24H20N2O7. The number of esters is 2. The number of nitrogens with one attached hydrogen (secondary N) is 2. The van der Waals surface area contributed by atoms with Gasteiger partial charge in [-0.2, -0.15) is 0 Å². The Hall–Kier alpha value is -4.27. The van der Waals surface area contributed by atoms with Gasteiger partial charge >= 0.3 is 18.0 Å². The molecule has 2 amide bonds. The summed E-state index contributed by atoms with van der Waals surface area (Å²) in [6, 6.07) is 9.55. The van der Waals surface area contributed by atoms with Crippen LogP contribution >= 0.6 is 0 Å². The monoisotopic (exact) mass is 448 g/mol. The molecule has 9 nitrogen and oxygen atoms in total. The molecule has 0 fully saturated rings. The highest BCUT2D eigenvalue weighted by atomic mass is 16.5. The van der Waals surface area contributed by atoms with Crippen molar-refractivity contribution in [2.45, 2.75) is 19.9 Å². The number of benzene rings is 2. The minimum Gasteiger partial charge on any atom is -0.463 e. The second kappa shape index (κ2) is 8.70. The molecule has 4 rings (SSSR count). The highest BCUT2D eigenvalue weighted by Gasteiger charge is 2.34. The van der Waals surface area contributed by atoms with Gasteiger partial charge in [0.25, 0.3) is 0 Å². The van der Waals surface area contributed by atoms with Crippen molar-refractivity contribution >= 4 is 29.5 Å². The zero-order valence-electron chi connectivity index (χ0n) is 17.9. The minimum atomic E-state index is -0.872. The third kappa shape index (κ3) is 3.89. The molecule has 0 unspecified atom stereocenters. The smallest absolute Gasteiger partial charge is 0.339 e. The molecule has 0 radical (unpaired) electrons. The van der Waals surface area contributed by atoms with Crippen LogP contribution in [0.3, 0.4) is 0 Å². The van der Waals surface area contributed by atoms with Gasteiger partial charge in [-0.3, -0.25) is 9.59 Å². The van der Waals surface area contributed by atoms with Crippen LogP contribution in [0.25, 0.3) is 0 Å². The number of hydrogen-bond donors (Lipinski definition) is 2. The van der Waals surface area contributed by atoms with Crippen molar-refractivity contribution in [3.8, 4) is 0 Å². The van der Waals surface area contributed by atoms with E-state index in [1.165, 1.54) is 24.3 Å².